The van der Waals surface area contributed by atoms with Crippen LogP contribution in [0.25, 0.3) is 0 Å². The Balaban J connectivity index is 2.12. The van der Waals surface area contributed by atoms with Crippen molar-refractivity contribution in [1.29, 1.82) is 0 Å². The summed E-state index contributed by atoms with van der Waals surface area (Å²) < 4.78 is 5.35. The summed E-state index contributed by atoms with van der Waals surface area (Å²) in [6.45, 7) is 4.56. The van der Waals surface area contributed by atoms with Crippen LogP contribution in [0.5, 0.6) is 0 Å². The van der Waals surface area contributed by atoms with Gasteiger partial charge in [-0.05, 0) is 6.92 Å². The number of rotatable bonds is 2. The van der Waals surface area contributed by atoms with Crippen LogP contribution in [0.4, 0.5) is 5.13 Å². The molecule has 1 N–H and O–H groups in total. The third kappa shape index (κ3) is 1.89. The highest BCUT2D eigenvalue weighted by molar-refractivity contribution is 7.13. The normalized spacial score (nSPS) is 22.7. The van der Waals surface area contributed by atoms with Crippen LogP contribution >= 0.6 is 11.3 Å². The highest BCUT2D eigenvalue weighted by Crippen LogP contribution is 2.23. The molecule has 1 aromatic heterocycles. The number of aromatic nitrogens is 1. The molecular formula is C9H14N2O2S. The van der Waals surface area contributed by atoms with Gasteiger partial charge in [-0.2, -0.15) is 0 Å². The van der Waals surface area contributed by atoms with Gasteiger partial charge in [0.25, 0.3) is 0 Å². The minimum Gasteiger partial charge on any atom is -0.390 e. The molecule has 1 atom stereocenters. The number of ether oxygens (including phenoxy) is 1. The van der Waals surface area contributed by atoms with Crippen molar-refractivity contribution in [3.8, 4) is 0 Å². The topological polar surface area (TPSA) is 45.6 Å². The van der Waals surface area contributed by atoms with Crippen molar-refractivity contribution < 1.29 is 9.84 Å². The molecule has 4 nitrogen and oxygen atoms in total. The molecule has 0 aromatic carbocycles. The van der Waals surface area contributed by atoms with Crippen molar-refractivity contribution >= 4 is 16.5 Å². The van der Waals surface area contributed by atoms with Gasteiger partial charge >= 0.3 is 0 Å². The van der Waals surface area contributed by atoms with Gasteiger partial charge in [0.05, 0.1) is 31.6 Å². The van der Waals surface area contributed by atoms with Gasteiger partial charge in [-0.15, -0.1) is 11.3 Å². The summed E-state index contributed by atoms with van der Waals surface area (Å²) >= 11 is 1.58. The van der Waals surface area contributed by atoms with Gasteiger partial charge in [-0.25, -0.2) is 4.98 Å². The third-order valence-corrected chi connectivity index (χ3v) is 3.24. The summed E-state index contributed by atoms with van der Waals surface area (Å²) in [6, 6.07) is 0.376. The van der Waals surface area contributed by atoms with E-state index in [1.807, 2.05) is 5.38 Å². The Labute approximate surface area is 87.1 Å². The van der Waals surface area contributed by atoms with E-state index in [1.54, 1.807) is 11.3 Å². The van der Waals surface area contributed by atoms with Gasteiger partial charge in [-0.1, -0.05) is 0 Å². The molecule has 14 heavy (non-hydrogen) atoms. The van der Waals surface area contributed by atoms with Crippen LogP contribution in [0.1, 0.15) is 12.6 Å². The Morgan fingerprint density at radius 2 is 2.64 bits per heavy atom. The van der Waals surface area contributed by atoms with E-state index in [1.165, 1.54) is 0 Å². The molecule has 1 fully saturated rings. The average molecular weight is 214 g/mol. The number of aliphatic hydroxyl groups is 1. The lowest BCUT2D eigenvalue weighted by molar-refractivity contribution is 0.0989. The maximum absolute atomic E-state index is 8.92. The fourth-order valence-electron chi connectivity index (χ4n) is 1.51. The van der Waals surface area contributed by atoms with E-state index in [-0.39, 0.29) is 6.61 Å². The molecule has 5 heteroatoms. The van der Waals surface area contributed by atoms with Gasteiger partial charge in [0.15, 0.2) is 5.13 Å². The molecule has 1 aromatic rings. The van der Waals surface area contributed by atoms with Crippen molar-refractivity contribution in [3.05, 3.63) is 11.1 Å². The Kier molecular flexibility index (Phi) is 3.00. The minimum atomic E-state index is 0.0230. The molecular weight excluding hydrogens is 200 g/mol. The first-order chi connectivity index (χ1) is 6.81. The monoisotopic (exact) mass is 214 g/mol. The van der Waals surface area contributed by atoms with E-state index in [4.69, 9.17) is 9.84 Å². The van der Waals surface area contributed by atoms with Gasteiger partial charge < -0.3 is 14.7 Å². The molecule has 1 aliphatic heterocycles. The lowest BCUT2D eigenvalue weighted by Crippen LogP contribution is -2.43. The summed E-state index contributed by atoms with van der Waals surface area (Å²) in [5.41, 5.74) is 0.753. The fourth-order valence-corrected chi connectivity index (χ4v) is 2.46. The van der Waals surface area contributed by atoms with Crippen LogP contribution in [0.2, 0.25) is 0 Å². The molecule has 0 aliphatic carbocycles. The maximum Gasteiger partial charge on any atom is 0.185 e. The molecule has 2 rings (SSSR count). The van der Waals surface area contributed by atoms with Crippen LogP contribution < -0.4 is 4.90 Å². The van der Waals surface area contributed by atoms with Crippen molar-refractivity contribution in [2.45, 2.75) is 19.6 Å². The highest BCUT2D eigenvalue weighted by Gasteiger charge is 2.21. The second-order valence-corrected chi connectivity index (χ2v) is 4.23. The lowest BCUT2D eigenvalue weighted by atomic mass is 10.3. The molecule has 1 aliphatic rings. The van der Waals surface area contributed by atoms with E-state index < -0.39 is 0 Å². The van der Waals surface area contributed by atoms with Crippen LogP contribution in [-0.4, -0.2) is 35.9 Å². The van der Waals surface area contributed by atoms with Crippen molar-refractivity contribution in [3.63, 3.8) is 0 Å². The number of hydrogen-bond acceptors (Lipinski definition) is 5. The van der Waals surface area contributed by atoms with E-state index in [2.05, 4.69) is 16.8 Å². The summed E-state index contributed by atoms with van der Waals surface area (Å²) in [5.74, 6) is 0. The largest absolute Gasteiger partial charge is 0.390 e. The van der Waals surface area contributed by atoms with Crippen LogP contribution in [0.15, 0.2) is 5.38 Å². The molecule has 1 saturated heterocycles. The molecule has 0 amide bonds. The molecule has 78 valence electrons. The zero-order valence-corrected chi connectivity index (χ0v) is 8.96. The zero-order chi connectivity index (χ0) is 9.97. The van der Waals surface area contributed by atoms with Crippen LogP contribution in [0, 0.1) is 0 Å². The minimum absolute atomic E-state index is 0.0230. The van der Waals surface area contributed by atoms with Crippen molar-refractivity contribution in [1.82, 2.24) is 4.98 Å². The number of hydrogen-bond donors (Lipinski definition) is 1. The van der Waals surface area contributed by atoms with Gasteiger partial charge in [0.1, 0.15) is 0 Å². The predicted molar refractivity (Wildman–Crippen MR) is 55.7 cm³/mol. The Morgan fingerprint density at radius 3 is 3.29 bits per heavy atom. The standard InChI is InChI=1S/C9H14N2O2S/c1-7-5-13-3-2-11(7)9-10-8(4-12)6-14-9/h6-7,12H,2-5H2,1H3. The van der Waals surface area contributed by atoms with E-state index in [9.17, 15) is 0 Å². The predicted octanol–water partition coefficient (Wildman–Crippen LogP) is 0.860. The van der Waals surface area contributed by atoms with Crippen molar-refractivity contribution in [2.24, 2.45) is 0 Å². The quantitative estimate of drug-likeness (QED) is 0.793. The smallest absolute Gasteiger partial charge is 0.185 e. The van der Waals surface area contributed by atoms with Crippen LogP contribution in [0.3, 0.4) is 0 Å². The first kappa shape index (κ1) is 9.89. The first-order valence-electron chi connectivity index (χ1n) is 4.71. The molecule has 0 radical (unpaired) electrons. The average Bonchev–Trinajstić information content (AvgIpc) is 2.67. The number of anilines is 1. The zero-order valence-electron chi connectivity index (χ0n) is 8.14. The van der Waals surface area contributed by atoms with Crippen molar-refractivity contribution in [2.75, 3.05) is 24.7 Å². The maximum atomic E-state index is 8.92. The lowest BCUT2D eigenvalue weighted by Gasteiger charge is -2.32. The third-order valence-electron chi connectivity index (χ3n) is 2.31. The summed E-state index contributed by atoms with van der Waals surface area (Å²) in [6.07, 6.45) is 0. The number of nitrogens with zero attached hydrogens (tertiary/aromatic N) is 2. The summed E-state index contributed by atoms with van der Waals surface area (Å²) in [7, 11) is 0. The Morgan fingerprint density at radius 1 is 1.79 bits per heavy atom. The SMILES string of the molecule is CC1COCCN1c1nc(CO)cs1. The van der Waals surface area contributed by atoms with Gasteiger partial charge in [-0.3, -0.25) is 0 Å². The van der Waals surface area contributed by atoms with E-state index in [0.29, 0.717) is 6.04 Å². The van der Waals surface area contributed by atoms with E-state index >= 15 is 0 Å². The summed E-state index contributed by atoms with van der Waals surface area (Å²) in [4.78, 5) is 6.57. The number of thiazole rings is 1. The van der Waals surface area contributed by atoms with Gasteiger partial charge in [0, 0.05) is 11.9 Å². The second kappa shape index (κ2) is 4.25. The Hall–Kier alpha value is -0.650. The first-order valence-corrected chi connectivity index (χ1v) is 5.59. The molecule has 0 bridgehead atoms. The second-order valence-electron chi connectivity index (χ2n) is 3.40. The summed E-state index contributed by atoms with van der Waals surface area (Å²) in [5, 5.41) is 11.8. The number of aliphatic hydroxyl groups excluding tert-OH is 1. The molecule has 2 heterocycles. The number of morpholine rings is 1. The Bertz CT molecular complexity index is 303. The van der Waals surface area contributed by atoms with Crippen LogP contribution in [-0.2, 0) is 11.3 Å². The van der Waals surface area contributed by atoms with E-state index in [0.717, 1.165) is 30.6 Å². The fraction of sp³-hybridized carbons (Fsp3) is 0.667. The van der Waals surface area contributed by atoms with Gasteiger partial charge in [0.2, 0.25) is 0 Å². The molecule has 0 spiro atoms. The molecule has 1 unspecified atom stereocenters. The highest BCUT2D eigenvalue weighted by atomic mass is 32.1. The molecule has 0 saturated carbocycles.